The van der Waals surface area contributed by atoms with Crippen LogP contribution in [0.25, 0.3) is 0 Å². The third kappa shape index (κ3) is 5.37. The summed E-state index contributed by atoms with van der Waals surface area (Å²) in [4.78, 5) is 16.5. The maximum Gasteiger partial charge on any atom is 0.418 e. The summed E-state index contributed by atoms with van der Waals surface area (Å²) in [6, 6.07) is 6.64. The van der Waals surface area contributed by atoms with Crippen LogP contribution in [-0.4, -0.2) is 16.1 Å². The van der Waals surface area contributed by atoms with E-state index >= 15 is 0 Å². The number of nitrogens with zero attached hydrogens (tertiary/aromatic N) is 1. The molecule has 1 N–H and O–H groups in total. The Balaban J connectivity index is 2.31. The fraction of sp³-hybridized carbons (Fsp3) is 0.294. The number of carbonyl (C=O) groups excluding carboxylic acids is 1. The lowest BCUT2D eigenvalue weighted by molar-refractivity contribution is -0.137. The van der Waals surface area contributed by atoms with E-state index < -0.39 is 17.6 Å². The summed E-state index contributed by atoms with van der Waals surface area (Å²) in [6.07, 6.45) is -2.44. The number of benzene rings is 1. The average molecular weight is 389 g/mol. The molecule has 0 aliphatic rings. The van der Waals surface area contributed by atoms with E-state index in [0.717, 1.165) is 12.5 Å². The van der Waals surface area contributed by atoms with Gasteiger partial charge >= 0.3 is 6.18 Å². The third-order valence-electron chi connectivity index (χ3n) is 3.41. The van der Waals surface area contributed by atoms with Gasteiger partial charge in [0.25, 0.3) is 5.91 Å². The van der Waals surface area contributed by atoms with Crippen molar-refractivity contribution in [2.24, 2.45) is 0 Å². The van der Waals surface area contributed by atoms with E-state index in [1.54, 1.807) is 6.07 Å². The molecular formula is C17H16ClF3N2OS. The van der Waals surface area contributed by atoms with Crippen LogP contribution in [0.5, 0.6) is 0 Å². The number of amides is 1. The fourth-order valence-corrected chi connectivity index (χ4v) is 3.09. The van der Waals surface area contributed by atoms with Crippen molar-refractivity contribution in [2.45, 2.75) is 36.6 Å². The van der Waals surface area contributed by atoms with Crippen LogP contribution < -0.4 is 5.32 Å². The van der Waals surface area contributed by atoms with Crippen LogP contribution in [0.2, 0.25) is 5.02 Å². The molecule has 1 amide bonds. The Hall–Kier alpha value is -1.73. The van der Waals surface area contributed by atoms with Crippen molar-refractivity contribution in [3.05, 3.63) is 52.8 Å². The number of hydrogen-bond donors (Lipinski definition) is 1. The van der Waals surface area contributed by atoms with Gasteiger partial charge in [0, 0.05) is 21.4 Å². The van der Waals surface area contributed by atoms with Gasteiger partial charge < -0.3 is 5.32 Å². The zero-order valence-electron chi connectivity index (χ0n) is 13.5. The Bertz CT molecular complexity index is 768. The van der Waals surface area contributed by atoms with E-state index in [1.807, 2.05) is 13.8 Å². The second-order valence-electron chi connectivity index (χ2n) is 5.36. The maximum atomic E-state index is 13.4. The number of carbonyl (C=O) groups is 1. The Labute approximate surface area is 153 Å². The summed E-state index contributed by atoms with van der Waals surface area (Å²) in [7, 11) is 0. The van der Waals surface area contributed by atoms with Gasteiger partial charge in [-0.3, -0.25) is 9.78 Å². The van der Waals surface area contributed by atoms with Gasteiger partial charge in [0.05, 0.1) is 11.3 Å². The Morgan fingerprint density at radius 2 is 2.04 bits per heavy atom. The first-order valence-electron chi connectivity index (χ1n) is 7.51. The number of thioether (sulfide) groups is 1. The zero-order chi connectivity index (χ0) is 18.6. The monoisotopic (exact) mass is 388 g/mol. The van der Waals surface area contributed by atoms with Crippen molar-refractivity contribution in [1.29, 1.82) is 0 Å². The van der Waals surface area contributed by atoms with Crippen molar-refractivity contribution in [1.82, 2.24) is 4.98 Å². The molecule has 1 aromatic heterocycles. The quantitative estimate of drug-likeness (QED) is 0.648. The topological polar surface area (TPSA) is 42.0 Å². The standard InChI is InChI=1S/C17H16ClF3N2OS/c1-3-10(2)25-12-4-5-14(13(9-12)17(19,20)21)23-16(24)15-8-11(18)6-7-22-15/h4-10H,3H2,1-2H3,(H,23,24). The molecule has 0 aliphatic heterocycles. The molecule has 1 heterocycles. The van der Waals surface area contributed by atoms with Crippen LogP contribution in [0.1, 0.15) is 36.3 Å². The molecule has 0 spiro atoms. The molecule has 0 fully saturated rings. The minimum absolute atomic E-state index is 0.0568. The van der Waals surface area contributed by atoms with Gasteiger partial charge in [-0.15, -0.1) is 11.8 Å². The number of aromatic nitrogens is 1. The van der Waals surface area contributed by atoms with Crippen LogP contribution in [0.15, 0.2) is 41.4 Å². The summed E-state index contributed by atoms with van der Waals surface area (Å²) in [5.41, 5.74) is -1.26. The third-order valence-corrected chi connectivity index (χ3v) is 4.91. The van der Waals surface area contributed by atoms with E-state index in [2.05, 4.69) is 10.3 Å². The van der Waals surface area contributed by atoms with Gasteiger partial charge in [-0.05, 0) is 36.8 Å². The Morgan fingerprint density at radius 3 is 2.64 bits per heavy atom. The lowest BCUT2D eigenvalue weighted by Gasteiger charge is -2.16. The van der Waals surface area contributed by atoms with Crippen LogP contribution in [-0.2, 0) is 6.18 Å². The molecule has 1 atom stereocenters. The Kier molecular flexibility index (Phi) is 6.35. The number of nitrogens with one attached hydrogen (secondary N) is 1. The lowest BCUT2D eigenvalue weighted by Crippen LogP contribution is -2.17. The minimum atomic E-state index is -4.59. The minimum Gasteiger partial charge on any atom is -0.320 e. The first-order chi connectivity index (χ1) is 11.7. The summed E-state index contributed by atoms with van der Waals surface area (Å²) in [6.45, 7) is 3.91. The maximum absolute atomic E-state index is 13.4. The summed E-state index contributed by atoms with van der Waals surface area (Å²) in [5.74, 6) is -0.754. The summed E-state index contributed by atoms with van der Waals surface area (Å²) in [5, 5.41) is 2.73. The normalized spacial score (nSPS) is 12.7. The predicted octanol–water partition coefficient (Wildman–Crippen LogP) is 5.90. The van der Waals surface area contributed by atoms with Crippen LogP contribution in [0.3, 0.4) is 0 Å². The number of hydrogen-bond acceptors (Lipinski definition) is 3. The smallest absolute Gasteiger partial charge is 0.320 e. The van der Waals surface area contributed by atoms with Gasteiger partial charge in [-0.2, -0.15) is 13.2 Å². The second kappa shape index (κ2) is 8.10. The molecule has 0 saturated heterocycles. The Morgan fingerprint density at radius 1 is 1.32 bits per heavy atom. The molecule has 25 heavy (non-hydrogen) atoms. The fourth-order valence-electron chi connectivity index (χ4n) is 1.97. The molecular weight excluding hydrogens is 373 g/mol. The summed E-state index contributed by atoms with van der Waals surface area (Å²) >= 11 is 7.13. The van der Waals surface area contributed by atoms with Gasteiger partial charge in [0.2, 0.25) is 0 Å². The molecule has 0 radical (unpaired) electrons. The second-order valence-corrected chi connectivity index (χ2v) is 7.30. The van der Waals surface area contributed by atoms with E-state index in [9.17, 15) is 18.0 Å². The number of halogens is 4. The number of anilines is 1. The predicted molar refractivity (Wildman–Crippen MR) is 94.3 cm³/mol. The van der Waals surface area contributed by atoms with Crippen LogP contribution in [0.4, 0.5) is 18.9 Å². The first-order valence-corrected chi connectivity index (χ1v) is 8.77. The molecule has 0 saturated carbocycles. The molecule has 0 bridgehead atoms. The van der Waals surface area contributed by atoms with Gasteiger partial charge in [0.1, 0.15) is 5.69 Å². The highest BCUT2D eigenvalue weighted by molar-refractivity contribution is 7.99. The molecule has 1 unspecified atom stereocenters. The number of pyridine rings is 1. The van der Waals surface area contributed by atoms with E-state index in [0.29, 0.717) is 4.90 Å². The van der Waals surface area contributed by atoms with Gasteiger partial charge in [-0.25, -0.2) is 0 Å². The summed E-state index contributed by atoms with van der Waals surface area (Å²) < 4.78 is 40.1. The number of alkyl halides is 3. The van der Waals surface area contributed by atoms with Crippen molar-refractivity contribution < 1.29 is 18.0 Å². The largest absolute Gasteiger partial charge is 0.418 e. The first kappa shape index (κ1) is 19.6. The van der Waals surface area contributed by atoms with Crippen LogP contribution in [0, 0.1) is 0 Å². The number of rotatable bonds is 5. The van der Waals surface area contributed by atoms with E-state index in [1.165, 1.54) is 36.2 Å². The van der Waals surface area contributed by atoms with Crippen molar-refractivity contribution in [3.8, 4) is 0 Å². The average Bonchev–Trinajstić information content (AvgIpc) is 2.55. The van der Waals surface area contributed by atoms with Crippen molar-refractivity contribution in [2.75, 3.05) is 5.32 Å². The SMILES string of the molecule is CCC(C)Sc1ccc(NC(=O)c2cc(Cl)ccn2)c(C(F)(F)F)c1. The highest BCUT2D eigenvalue weighted by Crippen LogP contribution is 2.38. The zero-order valence-corrected chi connectivity index (χ0v) is 15.1. The molecule has 2 aromatic rings. The lowest BCUT2D eigenvalue weighted by atomic mass is 10.1. The van der Waals surface area contributed by atoms with E-state index in [-0.39, 0.29) is 21.7 Å². The molecule has 3 nitrogen and oxygen atoms in total. The molecule has 2 rings (SSSR count). The van der Waals surface area contributed by atoms with E-state index in [4.69, 9.17) is 11.6 Å². The molecule has 1 aromatic carbocycles. The highest BCUT2D eigenvalue weighted by Gasteiger charge is 2.34. The van der Waals surface area contributed by atoms with Gasteiger partial charge in [-0.1, -0.05) is 25.4 Å². The molecule has 8 heteroatoms. The van der Waals surface area contributed by atoms with Crippen molar-refractivity contribution in [3.63, 3.8) is 0 Å². The highest BCUT2D eigenvalue weighted by atomic mass is 35.5. The van der Waals surface area contributed by atoms with Crippen LogP contribution >= 0.6 is 23.4 Å². The molecule has 0 aliphatic carbocycles. The molecule has 134 valence electrons. The van der Waals surface area contributed by atoms with Crippen molar-refractivity contribution >= 4 is 35.0 Å². The van der Waals surface area contributed by atoms with Gasteiger partial charge in [0.15, 0.2) is 0 Å².